The van der Waals surface area contributed by atoms with Crippen molar-refractivity contribution in [3.05, 3.63) is 35.9 Å². The smallest absolute Gasteiger partial charge is 0.174 e. The van der Waals surface area contributed by atoms with E-state index >= 15 is 0 Å². The van der Waals surface area contributed by atoms with Gasteiger partial charge in [-0.2, -0.15) is 0 Å². The van der Waals surface area contributed by atoms with E-state index in [1.165, 1.54) is 21.3 Å². The first-order chi connectivity index (χ1) is 10.1. The van der Waals surface area contributed by atoms with Crippen molar-refractivity contribution in [3.63, 3.8) is 0 Å². The Kier molecular flexibility index (Phi) is 4.47. The van der Waals surface area contributed by atoms with Gasteiger partial charge in [0.1, 0.15) is 11.6 Å². The highest BCUT2D eigenvalue weighted by molar-refractivity contribution is 6.00. The lowest BCUT2D eigenvalue weighted by atomic mass is 10.1. The number of hydrogen-bond donors (Lipinski definition) is 0. The zero-order valence-electron chi connectivity index (χ0n) is 12.5. The second-order valence-corrected chi connectivity index (χ2v) is 4.46. The summed E-state index contributed by atoms with van der Waals surface area (Å²) in [5, 5.41) is 0. The van der Waals surface area contributed by atoms with Crippen molar-refractivity contribution < 1.29 is 19.0 Å². The Labute approximate surface area is 123 Å². The second kappa shape index (κ2) is 6.30. The summed E-state index contributed by atoms with van der Waals surface area (Å²) in [4.78, 5) is 16.6. The van der Waals surface area contributed by atoms with E-state index in [0.717, 1.165) is 0 Å². The summed E-state index contributed by atoms with van der Waals surface area (Å²) in [5.74, 6) is 2.05. The van der Waals surface area contributed by atoms with Crippen LogP contribution in [0.1, 0.15) is 16.2 Å². The molecular weight excluding hydrogens is 272 g/mol. The molecule has 0 amide bonds. The van der Waals surface area contributed by atoms with Crippen molar-refractivity contribution in [1.82, 2.24) is 9.55 Å². The fourth-order valence-electron chi connectivity index (χ4n) is 2.05. The maximum Gasteiger partial charge on any atom is 0.174 e. The van der Waals surface area contributed by atoms with Crippen LogP contribution in [0.15, 0.2) is 24.5 Å². The molecule has 0 saturated carbocycles. The molecule has 2 aromatic rings. The van der Waals surface area contributed by atoms with E-state index in [4.69, 9.17) is 14.2 Å². The molecule has 0 aliphatic carbocycles. The molecule has 0 spiro atoms. The quantitative estimate of drug-likeness (QED) is 0.760. The van der Waals surface area contributed by atoms with Crippen LogP contribution >= 0.6 is 0 Å². The molecule has 6 heteroatoms. The molecule has 0 radical (unpaired) electrons. The summed E-state index contributed by atoms with van der Waals surface area (Å²) < 4.78 is 17.5. The molecule has 1 aromatic carbocycles. The standard InChI is InChI=1S/C15H18N2O4/c1-17-6-5-16-15(17)8-11(18)10-7-13(20-3)14(21-4)9-12(10)19-2/h5-7,9H,8H2,1-4H3. The van der Waals surface area contributed by atoms with Gasteiger partial charge in [0, 0.05) is 25.5 Å². The summed E-state index contributed by atoms with van der Waals surface area (Å²) >= 11 is 0. The van der Waals surface area contributed by atoms with E-state index < -0.39 is 0 Å². The number of Topliss-reactive ketones (excluding diaryl/α,β-unsaturated/α-hetero) is 1. The van der Waals surface area contributed by atoms with Crippen LogP contribution in [-0.4, -0.2) is 36.7 Å². The molecule has 0 bridgehead atoms. The highest BCUT2D eigenvalue weighted by atomic mass is 16.5. The van der Waals surface area contributed by atoms with Crippen LogP contribution in [0.3, 0.4) is 0 Å². The van der Waals surface area contributed by atoms with Gasteiger partial charge in [-0.1, -0.05) is 0 Å². The van der Waals surface area contributed by atoms with E-state index in [2.05, 4.69) is 4.98 Å². The van der Waals surface area contributed by atoms with Gasteiger partial charge in [-0.25, -0.2) is 4.98 Å². The monoisotopic (exact) mass is 290 g/mol. The number of ether oxygens (including phenoxy) is 3. The summed E-state index contributed by atoms with van der Waals surface area (Å²) in [5.41, 5.74) is 0.443. The number of nitrogens with zero attached hydrogens (tertiary/aromatic N) is 2. The zero-order valence-corrected chi connectivity index (χ0v) is 12.5. The first-order valence-electron chi connectivity index (χ1n) is 6.40. The Morgan fingerprint density at radius 2 is 1.71 bits per heavy atom. The van der Waals surface area contributed by atoms with Gasteiger partial charge in [0.15, 0.2) is 17.3 Å². The Bertz CT molecular complexity index is 649. The molecule has 1 heterocycles. The van der Waals surface area contributed by atoms with Crippen LogP contribution in [0.2, 0.25) is 0 Å². The average molecular weight is 290 g/mol. The number of rotatable bonds is 6. The lowest BCUT2D eigenvalue weighted by Crippen LogP contribution is -2.10. The van der Waals surface area contributed by atoms with Gasteiger partial charge in [0.2, 0.25) is 0 Å². The molecule has 2 rings (SSSR count). The third-order valence-corrected chi connectivity index (χ3v) is 3.25. The predicted octanol–water partition coefficient (Wildman–Crippen LogP) is 1.87. The first kappa shape index (κ1) is 14.9. The average Bonchev–Trinajstić information content (AvgIpc) is 2.90. The fourth-order valence-corrected chi connectivity index (χ4v) is 2.05. The van der Waals surface area contributed by atoms with Crippen molar-refractivity contribution in [2.45, 2.75) is 6.42 Å². The van der Waals surface area contributed by atoms with Crippen molar-refractivity contribution in [2.24, 2.45) is 7.05 Å². The number of ketones is 1. The molecular formula is C15H18N2O4. The minimum Gasteiger partial charge on any atom is -0.496 e. The molecule has 0 N–H and O–H groups in total. The maximum atomic E-state index is 12.5. The Morgan fingerprint density at radius 3 is 2.24 bits per heavy atom. The number of aryl methyl sites for hydroxylation is 1. The molecule has 0 aliphatic heterocycles. The molecule has 0 atom stereocenters. The number of hydrogen-bond acceptors (Lipinski definition) is 5. The third kappa shape index (κ3) is 2.99. The van der Waals surface area contributed by atoms with E-state index in [1.54, 1.807) is 24.5 Å². The Hall–Kier alpha value is -2.50. The molecule has 0 saturated heterocycles. The summed E-state index contributed by atoms with van der Waals surface area (Å²) in [6.45, 7) is 0. The SMILES string of the molecule is COc1cc(OC)c(C(=O)Cc2nccn2C)cc1OC. The molecule has 6 nitrogen and oxygen atoms in total. The molecule has 0 fully saturated rings. The van der Waals surface area contributed by atoms with Crippen molar-refractivity contribution in [1.29, 1.82) is 0 Å². The number of benzene rings is 1. The maximum absolute atomic E-state index is 12.5. The number of carbonyl (C=O) groups excluding carboxylic acids is 1. The van der Waals surface area contributed by atoms with E-state index in [1.807, 2.05) is 11.6 Å². The van der Waals surface area contributed by atoms with Crippen LogP contribution in [-0.2, 0) is 13.5 Å². The van der Waals surface area contributed by atoms with Crippen molar-refractivity contribution >= 4 is 5.78 Å². The van der Waals surface area contributed by atoms with Gasteiger partial charge in [0.25, 0.3) is 0 Å². The largest absolute Gasteiger partial charge is 0.496 e. The summed E-state index contributed by atoms with van der Waals surface area (Å²) in [6, 6.07) is 3.27. The van der Waals surface area contributed by atoms with Crippen LogP contribution in [0.25, 0.3) is 0 Å². The topological polar surface area (TPSA) is 62.6 Å². The normalized spacial score (nSPS) is 10.3. The Morgan fingerprint density at radius 1 is 1.10 bits per heavy atom. The van der Waals surface area contributed by atoms with Crippen molar-refractivity contribution in [2.75, 3.05) is 21.3 Å². The lowest BCUT2D eigenvalue weighted by Gasteiger charge is -2.13. The first-order valence-corrected chi connectivity index (χ1v) is 6.40. The predicted molar refractivity (Wildman–Crippen MR) is 77.3 cm³/mol. The van der Waals surface area contributed by atoms with Crippen LogP contribution in [0.4, 0.5) is 0 Å². The zero-order chi connectivity index (χ0) is 15.4. The molecule has 21 heavy (non-hydrogen) atoms. The fraction of sp³-hybridized carbons (Fsp3) is 0.333. The third-order valence-electron chi connectivity index (χ3n) is 3.25. The molecule has 112 valence electrons. The highest BCUT2D eigenvalue weighted by Gasteiger charge is 2.19. The van der Waals surface area contributed by atoms with Gasteiger partial charge in [-0.3, -0.25) is 4.79 Å². The van der Waals surface area contributed by atoms with E-state index in [9.17, 15) is 4.79 Å². The van der Waals surface area contributed by atoms with Crippen molar-refractivity contribution in [3.8, 4) is 17.2 Å². The second-order valence-electron chi connectivity index (χ2n) is 4.46. The van der Waals surface area contributed by atoms with Gasteiger partial charge in [-0.15, -0.1) is 0 Å². The van der Waals surface area contributed by atoms with Gasteiger partial charge >= 0.3 is 0 Å². The van der Waals surface area contributed by atoms with Gasteiger partial charge in [-0.05, 0) is 6.07 Å². The van der Waals surface area contributed by atoms with E-state index in [-0.39, 0.29) is 12.2 Å². The lowest BCUT2D eigenvalue weighted by molar-refractivity contribution is 0.0986. The molecule has 1 aromatic heterocycles. The minimum absolute atomic E-state index is 0.0953. The molecule has 0 aliphatic rings. The van der Waals surface area contributed by atoms with Crippen LogP contribution < -0.4 is 14.2 Å². The summed E-state index contributed by atoms with van der Waals surface area (Å²) in [6.07, 6.45) is 3.65. The Balaban J connectivity index is 2.37. The highest BCUT2D eigenvalue weighted by Crippen LogP contribution is 2.35. The molecule has 0 unspecified atom stereocenters. The van der Waals surface area contributed by atoms with Crippen LogP contribution in [0, 0.1) is 0 Å². The van der Waals surface area contributed by atoms with Gasteiger partial charge in [0.05, 0.1) is 33.3 Å². The number of imidazole rings is 1. The number of methoxy groups -OCH3 is 3. The van der Waals surface area contributed by atoms with Crippen LogP contribution in [0.5, 0.6) is 17.2 Å². The minimum atomic E-state index is -0.0953. The number of aromatic nitrogens is 2. The van der Waals surface area contributed by atoms with E-state index in [0.29, 0.717) is 28.6 Å². The van der Waals surface area contributed by atoms with Gasteiger partial charge < -0.3 is 18.8 Å². The number of carbonyl (C=O) groups is 1. The summed E-state index contributed by atoms with van der Waals surface area (Å²) in [7, 11) is 6.42.